The minimum Gasteiger partial charge on any atom is -0.296 e. The van der Waals surface area contributed by atoms with Gasteiger partial charge in [0.1, 0.15) is 0 Å². The summed E-state index contributed by atoms with van der Waals surface area (Å²) in [4.78, 5) is 13.6. The van der Waals surface area contributed by atoms with Crippen molar-refractivity contribution in [2.75, 3.05) is 7.05 Å². The molecule has 4 nitrogen and oxygen atoms in total. The Kier molecular flexibility index (Phi) is 2.15. The predicted molar refractivity (Wildman–Crippen MR) is 42.2 cm³/mol. The van der Waals surface area contributed by atoms with Gasteiger partial charge >= 0.3 is 0 Å². The summed E-state index contributed by atoms with van der Waals surface area (Å²) in [5.41, 5.74) is 1.12. The molecule has 0 aromatic rings. The molecular formula is C7H8N2O2. The van der Waals surface area contributed by atoms with Crippen LogP contribution in [0.1, 0.15) is 6.42 Å². The number of nitro groups is 1. The molecule has 0 fully saturated rings. The Labute approximate surface area is 64.1 Å². The molecule has 0 aliphatic heterocycles. The van der Waals surface area contributed by atoms with Gasteiger partial charge in [-0.1, -0.05) is 6.08 Å². The maximum absolute atomic E-state index is 10.2. The summed E-state index contributed by atoms with van der Waals surface area (Å²) in [5.74, 6) is 0. The molecule has 0 unspecified atom stereocenters. The lowest BCUT2D eigenvalue weighted by atomic mass is 10.2. The number of nitrogens with zero attached hydrogens (tertiary/aromatic N) is 2. The van der Waals surface area contributed by atoms with Gasteiger partial charge in [0.05, 0.1) is 11.3 Å². The van der Waals surface area contributed by atoms with Crippen molar-refractivity contribution in [1.29, 1.82) is 0 Å². The topological polar surface area (TPSA) is 55.5 Å². The fourth-order valence-electron chi connectivity index (χ4n) is 0.910. The predicted octanol–water partition coefficient (Wildman–Crippen LogP) is 1.18. The van der Waals surface area contributed by atoms with Gasteiger partial charge in [0.2, 0.25) is 0 Å². The zero-order chi connectivity index (χ0) is 8.27. The van der Waals surface area contributed by atoms with Crippen molar-refractivity contribution in [2.45, 2.75) is 6.42 Å². The van der Waals surface area contributed by atoms with Crippen LogP contribution in [0.3, 0.4) is 0 Å². The Morgan fingerprint density at radius 2 is 2.45 bits per heavy atom. The summed E-state index contributed by atoms with van der Waals surface area (Å²) in [6, 6.07) is 0. The fourth-order valence-corrected chi connectivity index (χ4v) is 0.910. The second-order valence-corrected chi connectivity index (χ2v) is 2.22. The number of hydrogen-bond donors (Lipinski definition) is 0. The first-order valence-electron chi connectivity index (χ1n) is 3.20. The van der Waals surface area contributed by atoms with Crippen LogP contribution < -0.4 is 0 Å². The molecular weight excluding hydrogens is 144 g/mol. The van der Waals surface area contributed by atoms with Crippen LogP contribution in [0.15, 0.2) is 28.4 Å². The van der Waals surface area contributed by atoms with Crippen LogP contribution in [0.4, 0.5) is 0 Å². The standard InChI is InChI=1S/C7H8N2O2/c1-8-5-6-2-3-7(4-6)9(10)11/h2-3,5H,4H2,1H3/b8-5+. The summed E-state index contributed by atoms with van der Waals surface area (Å²) < 4.78 is 0. The van der Waals surface area contributed by atoms with E-state index in [1.807, 2.05) is 0 Å². The van der Waals surface area contributed by atoms with E-state index in [1.165, 1.54) is 6.08 Å². The Balaban J connectivity index is 2.59. The van der Waals surface area contributed by atoms with Crippen LogP contribution in [0.25, 0.3) is 0 Å². The normalized spacial score (nSPS) is 16.8. The molecule has 0 aromatic carbocycles. The average molecular weight is 152 g/mol. The third-order valence-electron chi connectivity index (χ3n) is 1.40. The molecule has 0 atom stereocenters. The first kappa shape index (κ1) is 7.65. The highest BCUT2D eigenvalue weighted by molar-refractivity contribution is 5.80. The van der Waals surface area contributed by atoms with Gasteiger partial charge in [0, 0.05) is 19.3 Å². The summed E-state index contributed by atoms with van der Waals surface area (Å²) in [5, 5.41) is 10.2. The smallest absolute Gasteiger partial charge is 0.250 e. The minimum absolute atomic E-state index is 0.236. The van der Waals surface area contributed by atoms with E-state index in [9.17, 15) is 10.1 Å². The van der Waals surface area contributed by atoms with Gasteiger partial charge in [-0.2, -0.15) is 0 Å². The van der Waals surface area contributed by atoms with Gasteiger partial charge in [-0.15, -0.1) is 0 Å². The van der Waals surface area contributed by atoms with E-state index in [-0.39, 0.29) is 10.6 Å². The van der Waals surface area contributed by atoms with Crippen molar-refractivity contribution in [3.05, 3.63) is 33.5 Å². The Hall–Kier alpha value is -1.45. The van der Waals surface area contributed by atoms with E-state index in [0.717, 1.165) is 5.57 Å². The molecule has 1 aliphatic carbocycles. The van der Waals surface area contributed by atoms with Crippen molar-refractivity contribution in [3.8, 4) is 0 Å². The minimum atomic E-state index is -0.368. The van der Waals surface area contributed by atoms with E-state index in [0.29, 0.717) is 6.42 Å². The van der Waals surface area contributed by atoms with Gasteiger partial charge in [-0.3, -0.25) is 15.1 Å². The van der Waals surface area contributed by atoms with Crippen molar-refractivity contribution >= 4 is 6.21 Å². The zero-order valence-electron chi connectivity index (χ0n) is 6.15. The van der Waals surface area contributed by atoms with Crippen LogP contribution in [0, 0.1) is 10.1 Å². The van der Waals surface area contributed by atoms with Crippen LogP contribution in [-0.2, 0) is 0 Å². The number of rotatable bonds is 2. The molecule has 1 aliphatic rings. The molecule has 4 heteroatoms. The molecule has 0 saturated heterocycles. The second kappa shape index (κ2) is 3.09. The van der Waals surface area contributed by atoms with Crippen molar-refractivity contribution < 1.29 is 4.92 Å². The lowest BCUT2D eigenvalue weighted by molar-refractivity contribution is -0.426. The lowest BCUT2D eigenvalue weighted by Crippen LogP contribution is -1.96. The van der Waals surface area contributed by atoms with Gasteiger partial charge < -0.3 is 0 Å². The van der Waals surface area contributed by atoms with E-state index in [4.69, 9.17) is 0 Å². The van der Waals surface area contributed by atoms with Crippen molar-refractivity contribution in [2.24, 2.45) is 4.99 Å². The first-order chi connectivity index (χ1) is 5.24. The summed E-state index contributed by atoms with van der Waals surface area (Å²) in [7, 11) is 1.64. The van der Waals surface area contributed by atoms with Gasteiger partial charge in [0.15, 0.2) is 0 Å². The quantitative estimate of drug-likeness (QED) is 0.339. The Bertz CT molecular complexity index is 264. The van der Waals surface area contributed by atoms with Crippen LogP contribution in [0.5, 0.6) is 0 Å². The highest BCUT2D eigenvalue weighted by atomic mass is 16.6. The molecule has 0 bridgehead atoms. The molecule has 58 valence electrons. The summed E-state index contributed by atoms with van der Waals surface area (Å²) in [6.07, 6.45) is 5.25. The third-order valence-corrected chi connectivity index (χ3v) is 1.40. The van der Waals surface area contributed by atoms with Gasteiger partial charge in [-0.25, -0.2) is 0 Å². The molecule has 0 heterocycles. The summed E-state index contributed by atoms with van der Waals surface area (Å²) in [6.45, 7) is 0. The van der Waals surface area contributed by atoms with E-state index >= 15 is 0 Å². The molecule has 0 saturated carbocycles. The third kappa shape index (κ3) is 1.73. The highest BCUT2D eigenvalue weighted by Crippen LogP contribution is 2.17. The summed E-state index contributed by atoms with van der Waals surface area (Å²) >= 11 is 0. The Morgan fingerprint density at radius 3 is 2.91 bits per heavy atom. The van der Waals surface area contributed by atoms with E-state index in [2.05, 4.69) is 4.99 Å². The molecule has 0 radical (unpaired) electrons. The van der Waals surface area contributed by atoms with E-state index < -0.39 is 0 Å². The fraction of sp³-hybridized carbons (Fsp3) is 0.286. The second-order valence-electron chi connectivity index (χ2n) is 2.22. The largest absolute Gasteiger partial charge is 0.296 e. The monoisotopic (exact) mass is 152 g/mol. The van der Waals surface area contributed by atoms with E-state index in [1.54, 1.807) is 19.3 Å². The molecule has 1 rings (SSSR count). The SMILES string of the molecule is C/N=C/C1=CC=C([N+](=O)[O-])C1. The Morgan fingerprint density at radius 1 is 1.73 bits per heavy atom. The lowest BCUT2D eigenvalue weighted by Gasteiger charge is -1.90. The van der Waals surface area contributed by atoms with Crippen LogP contribution in [0.2, 0.25) is 0 Å². The number of allylic oxidation sites excluding steroid dienone is 3. The first-order valence-corrected chi connectivity index (χ1v) is 3.20. The zero-order valence-corrected chi connectivity index (χ0v) is 6.15. The molecule has 11 heavy (non-hydrogen) atoms. The van der Waals surface area contributed by atoms with Crippen LogP contribution >= 0.6 is 0 Å². The molecule has 0 amide bonds. The van der Waals surface area contributed by atoms with Crippen LogP contribution in [-0.4, -0.2) is 18.2 Å². The number of hydrogen-bond acceptors (Lipinski definition) is 3. The van der Waals surface area contributed by atoms with Gasteiger partial charge in [-0.05, 0) is 5.57 Å². The molecule has 0 spiro atoms. The maximum atomic E-state index is 10.2. The highest BCUT2D eigenvalue weighted by Gasteiger charge is 2.15. The number of aliphatic imine (C=N–C) groups is 1. The average Bonchev–Trinajstić information content (AvgIpc) is 2.37. The maximum Gasteiger partial charge on any atom is 0.250 e. The van der Waals surface area contributed by atoms with Crippen molar-refractivity contribution in [1.82, 2.24) is 0 Å². The molecule has 0 N–H and O–H groups in total. The molecule has 0 aromatic heterocycles. The van der Waals surface area contributed by atoms with Crippen molar-refractivity contribution in [3.63, 3.8) is 0 Å². The van der Waals surface area contributed by atoms with Gasteiger partial charge in [0.25, 0.3) is 5.70 Å².